The van der Waals surface area contributed by atoms with Crippen molar-refractivity contribution in [2.75, 3.05) is 10.7 Å². The molecular weight excluding hydrogens is 250 g/mol. The Labute approximate surface area is 112 Å². The second-order valence-electron chi connectivity index (χ2n) is 4.69. The third-order valence-electron chi connectivity index (χ3n) is 2.94. The fraction of sp³-hybridized carbons (Fsp3) is 0.615. The largest absolute Gasteiger partial charge is 0.365 e. The van der Waals surface area contributed by atoms with Crippen LogP contribution < -0.4 is 16.6 Å². The molecule has 1 heterocycles. The molecule has 0 fully saturated rings. The molecule has 0 aliphatic rings. The Balaban J connectivity index is 2.56. The van der Waals surface area contributed by atoms with Gasteiger partial charge in [-0.05, 0) is 13.3 Å². The summed E-state index contributed by atoms with van der Waals surface area (Å²) in [7, 11) is 0. The summed E-state index contributed by atoms with van der Waals surface area (Å²) in [5, 5.41) is 2.94. The molecule has 0 saturated carbocycles. The Morgan fingerprint density at radius 1 is 1.21 bits per heavy atom. The van der Waals surface area contributed by atoms with Crippen LogP contribution in [0.1, 0.15) is 46.0 Å². The molecule has 1 aromatic rings. The third kappa shape index (κ3) is 4.98. The quantitative estimate of drug-likeness (QED) is 0.385. The number of hydrazine groups is 1. The zero-order chi connectivity index (χ0) is 14.3. The van der Waals surface area contributed by atoms with Crippen LogP contribution in [0.5, 0.6) is 0 Å². The number of pyridine rings is 1. The smallest absolute Gasteiger partial charge is 0.178 e. The van der Waals surface area contributed by atoms with Crippen LogP contribution in [-0.4, -0.2) is 11.0 Å². The highest BCUT2D eigenvalue weighted by Crippen LogP contribution is 2.19. The molecule has 1 aromatic heterocycles. The predicted octanol–water partition coefficient (Wildman–Crippen LogP) is 3.42. The van der Waals surface area contributed by atoms with E-state index in [2.05, 4.69) is 22.7 Å². The van der Waals surface area contributed by atoms with Gasteiger partial charge in [-0.25, -0.2) is 19.6 Å². The zero-order valence-corrected chi connectivity index (χ0v) is 11.5. The van der Waals surface area contributed by atoms with E-state index in [0.717, 1.165) is 25.3 Å². The van der Waals surface area contributed by atoms with Gasteiger partial charge in [0.2, 0.25) is 0 Å². The molecule has 1 rings (SSSR count). The van der Waals surface area contributed by atoms with E-state index in [1.54, 1.807) is 0 Å². The molecule has 0 amide bonds. The van der Waals surface area contributed by atoms with Crippen LogP contribution in [-0.2, 0) is 0 Å². The molecule has 0 saturated heterocycles. The number of nitrogens with two attached hydrogens (primary N) is 1. The standard InChI is InChI=1S/C13H22F2N4/c1-3-4-5-6-7-9(2)17-12-10(14)8-11(15)13(18-12)19-16/h8-9H,3-7,16H2,1-2H3,(H2,17,18,19). The number of nitrogens with one attached hydrogen (secondary N) is 2. The van der Waals surface area contributed by atoms with Gasteiger partial charge in [-0.2, -0.15) is 0 Å². The van der Waals surface area contributed by atoms with Gasteiger partial charge in [-0.15, -0.1) is 0 Å². The fourth-order valence-electron chi connectivity index (χ4n) is 1.85. The van der Waals surface area contributed by atoms with Crippen molar-refractivity contribution >= 4 is 11.6 Å². The highest BCUT2D eigenvalue weighted by Gasteiger charge is 2.13. The van der Waals surface area contributed by atoms with E-state index < -0.39 is 11.6 Å². The molecule has 0 spiro atoms. The van der Waals surface area contributed by atoms with E-state index in [-0.39, 0.29) is 17.7 Å². The minimum absolute atomic E-state index is 0.0253. The van der Waals surface area contributed by atoms with Crippen molar-refractivity contribution in [2.24, 2.45) is 5.84 Å². The maximum absolute atomic E-state index is 13.5. The number of rotatable bonds is 8. The second-order valence-corrected chi connectivity index (χ2v) is 4.69. The lowest BCUT2D eigenvalue weighted by molar-refractivity contribution is 0.566. The Bertz CT molecular complexity index is 398. The van der Waals surface area contributed by atoms with E-state index >= 15 is 0 Å². The third-order valence-corrected chi connectivity index (χ3v) is 2.94. The van der Waals surface area contributed by atoms with Crippen molar-refractivity contribution in [3.8, 4) is 0 Å². The Morgan fingerprint density at radius 3 is 2.53 bits per heavy atom. The minimum atomic E-state index is -0.804. The van der Waals surface area contributed by atoms with Crippen LogP contribution in [0.15, 0.2) is 6.07 Å². The van der Waals surface area contributed by atoms with E-state index in [1.807, 2.05) is 6.92 Å². The van der Waals surface area contributed by atoms with Crippen LogP contribution in [0.3, 0.4) is 0 Å². The molecule has 4 nitrogen and oxygen atoms in total. The number of unbranched alkanes of at least 4 members (excludes halogenated alkanes) is 3. The normalized spacial score (nSPS) is 12.3. The zero-order valence-electron chi connectivity index (χ0n) is 11.5. The summed E-state index contributed by atoms with van der Waals surface area (Å²) in [5.74, 6) is 3.46. The van der Waals surface area contributed by atoms with Crippen molar-refractivity contribution in [1.29, 1.82) is 0 Å². The number of hydrogen-bond acceptors (Lipinski definition) is 4. The van der Waals surface area contributed by atoms with Crippen molar-refractivity contribution in [2.45, 2.75) is 52.0 Å². The number of hydrogen-bond donors (Lipinski definition) is 3. The number of nitrogen functional groups attached to an aromatic ring is 1. The highest BCUT2D eigenvalue weighted by atomic mass is 19.1. The van der Waals surface area contributed by atoms with Crippen molar-refractivity contribution in [3.05, 3.63) is 17.7 Å². The van der Waals surface area contributed by atoms with Crippen molar-refractivity contribution in [1.82, 2.24) is 4.98 Å². The maximum Gasteiger partial charge on any atom is 0.178 e. The van der Waals surface area contributed by atoms with Gasteiger partial charge < -0.3 is 10.7 Å². The average Bonchev–Trinajstić information content (AvgIpc) is 2.38. The van der Waals surface area contributed by atoms with Gasteiger partial charge in [-0.3, -0.25) is 0 Å². The van der Waals surface area contributed by atoms with Crippen LogP contribution in [0, 0.1) is 11.6 Å². The summed E-state index contributed by atoms with van der Waals surface area (Å²) < 4.78 is 26.7. The Hall–Kier alpha value is -1.43. The minimum Gasteiger partial charge on any atom is -0.365 e. The first kappa shape index (κ1) is 15.6. The summed E-state index contributed by atoms with van der Waals surface area (Å²) in [4.78, 5) is 3.78. The maximum atomic E-state index is 13.5. The van der Waals surface area contributed by atoms with Gasteiger partial charge in [-0.1, -0.05) is 32.6 Å². The molecule has 0 radical (unpaired) electrons. The van der Waals surface area contributed by atoms with Gasteiger partial charge in [0.25, 0.3) is 0 Å². The molecule has 0 aliphatic carbocycles. The molecule has 0 aromatic carbocycles. The average molecular weight is 272 g/mol. The first-order valence-electron chi connectivity index (χ1n) is 6.67. The van der Waals surface area contributed by atoms with Crippen molar-refractivity contribution in [3.63, 3.8) is 0 Å². The van der Waals surface area contributed by atoms with Crippen LogP contribution in [0.25, 0.3) is 0 Å². The Kier molecular flexibility index (Phi) is 6.49. The van der Waals surface area contributed by atoms with Gasteiger partial charge in [0, 0.05) is 12.1 Å². The molecule has 4 N–H and O–H groups in total. The van der Waals surface area contributed by atoms with Gasteiger partial charge >= 0.3 is 0 Å². The van der Waals surface area contributed by atoms with E-state index in [9.17, 15) is 8.78 Å². The topological polar surface area (TPSA) is 63.0 Å². The van der Waals surface area contributed by atoms with E-state index in [0.29, 0.717) is 0 Å². The predicted molar refractivity (Wildman–Crippen MR) is 73.8 cm³/mol. The molecule has 1 unspecified atom stereocenters. The van der Waals surface area contributed by atoms with Gasteiger partial charge in [0.05, 0.1) is 0 Å². The first-order valence-corrected chi connectivity index (χ1v) is 6.67. The SMILES string of the molecule is CCCCCCC(C)Nc1nc(NN)c(F)cc1F. The Morgan fingerprint density at radius 2 is 1.89 bits per heavy atom. The lowest BCUT2D eigenvalue weighted by Crippen LogP contribution is -2.19. The highest BCUT2D eigenvalue weighted by molar-refractivity contribution is 5.47. The van der Waals surface area contributed by atoms with Crippen LogP contribution >= 0.6 is 0 Å². The fourth-order valence-corrected chi connectivity index (χ4v) is 1.85. The van der Waals surface area contributed by atoms with Crippen molar-refractivity contribution < 1.29 is 8.78 Å². The molecular formula is C13H22F2N4. The van der Waals surface area contributed by atoms with E-state index in [4.69, 9.17) is 5.84 Å². The number of anilines is 2. The lowest BCUT2D eigenvalue weighted by atomic mass is 10.1. The summed E-state index contributed by atoms with van der Waals surface area (Å²) in [6.45, 7) is 4.10. The van der Waals surface area contributed by atoms with Gasteiger partial charge in [0.1, 0.15) is 0 Å². The summed E-state index contributed by atoms with van der Waals surface area (Å²) >= 11 is 0. The molecule has 108 valence electrons. The summed E-state index contributed by atoms with van der Waals surface area (Å²) in [6.07, 6.45) is 5.55. The second kappa shape index (κ2) is 7.89. The number of aromatic nitrogens is 1. The molecule has 19 heavy (non-hydrogen) atoms. The van der Waals surface area contributed by atoms with Gasteiger partial charge in [0.15, 0.2) is 23.3 Å². The summed E-state index contributed by atoms with van der Waals surface area (Å²) in [6, 6.07) is 0.851. The summed E-state index contributed by atoms with van der Waals surface area (Å²) in [5.41, 5.74) is 2.10. The number of nitrogens with zero attached hydrogens (tertiary/aromatic N) is 1. The molecule has 1 atom stereocenters. The monoisotopic (exact) mass is 272 g/mol. The number of halogens is 2. The molecule has 6 heteroatoms. The lowest BCUT2D eigenvalue weighted by Gasteiger charge is -2.15. The van der Waals surface area contributed by atoms with Crippen LogP contribution in [0.2, 0.25) is 0 Å². The van der Waals surface area contributed by atoms with E-state index in [1.165, 1.54) is 12.8 Å². The molecule has 0 aliphatic heterocycles. The molecule has 0 bridgehead atoms. The van der Waals surface area contributed by atoms with Crippen LogP contribution in [0.4, 0.5) is 20.4 Å². The first-order chi connectivity index (χ1) is 9.08.